The van der Waals surface area contributed by atoms with Gasteiger partial charge in [-0.05, 0) is 18.9 Å². The summed E-state index contributed by atoms with van der Waals surface area (Å²) in [5, 5.41) is 0. The van der Waals surface area contributed by atoms with Crippen LogP contribution in [0.2, 0.25) is 0 Å². The quantitative estimate of drug-likeness (QED) is 0.451. The van der Waals surface area contributed by atoms with Gasteiger partial charge >= 0.3 is 5.97 Å². The van der Waals surface area contributed by atoms with Crippen molar-refractivity contribution in [1.82, 2.24) is 4.98 Å². The van der Waals surface area contributed by atoms with Crippen LogP contribution in [-0.4, -0.2) is 30.1 Å². The summed E-state index contributed by atoms with van der Waals surface area (Å²) in [4.78, 5) is 17.6. The van der Waals surface area contributed by atoms with E-state index in [0.717, 1.165) is 25.1 Å². The lowest BCUT2D eigenvalue weighted by Crippen LogP contribution is -2.26. The fraction of sp³-hybridized carbons (Fsp3) is 0.455. The number of ether oxygens (including phenoxy) is 1. The maximum atomic E-state index is 11.6. The minimum atomic E-state index is -0.354. The van der Waals surface area contributed by atoms with E-state index in [2.05, 4.69) is 4.98 Å². The molecule has 4 nitrogen and oxygen atoms in total. The van der Waals surface area contributed by atoms with E-state index in [1.165, 1.54) is 7.11 Å². The second kappa shape index (κ2) is 4.70. The number of carbonyl (C=O) groups excluding carboxylic acids is 1. The summed E-state index contributed by atoms with van der Waals surface area (Å²) < 4.78 is 4.74. The molecular weight excluding hydrogens is 228 g/mol. The van der Waals surface area contributed by atoms with Crippen molar-refractivity contribution in [1.29, 1.82) is 0 Å². The van der Waals surface area contributed by atoms with E-state index in [9.17, 15) is 4.79 Å². The Labute approximate surface area is 99.2 Å². The molecular formula is C11H13ClN2O2. The lowest BCUT2D eigenvalue weighted by Gasteiger charge is -2.23. The van der Waals surface area contributed by atoms with Crippen LogP contribution >= 0.6 is 11.6 Å². The highest BCUT2D eigenvalue weighted by Crippen LogP contribution is 2.29. The SMILES string of the molecule is COC(=O)c1ccncc1N1CCCC1Cl. The number of pyridine rings is 1. The van der Waals surface area contributed by atoms with Crippen LogP contribution in [0.4, 0.5) is 5.69 Å². The number of hydrogen-bond donors (Lipinski definition) is 0. The maximum absolute atomic E-state index is 11.6. The van der Waals surface area contributed by atoms with Crippen LogP contribution in [0.3, 0.4) is 0 Å². The van der Waals surface area contributed by atoms with Crippen LogP contribution in [0, 0.1) is 0 Å². The molecule has 86 valence electrons. The molecule has 0 radical (unpaired) electrons. The molecule has 1 aromatic heterocycles. The molecule has 0 aromatic carbocycles. The van der Waals surface area contributed by atoms with Gasteiger partial charge in [-0.25, -0.2) is 4.79 Å². The smallest absolute Gasteiger partial charge is 0.340 e. The maximum Gasteiger partial charge on any atom is 0.340 e. The molecule has 1 fully saturated rings. The van der Waals surface area contributed by atoms with Gasteiger partial charge in [-0.2, -0.15) is 0 Å². The summed E-state index contributed by atoms with van der Waals surface area (Å²) in [6.45, 7) is 0.851. The number of halogens is 1. The van der Waals surface area contributed by atoms with E-state index < -0.39 is 0 Å². The van der Waals surface area contributed by atoms with E-state index in [1.807, 2.05) is 4.90 Å². The molecule has 1 aliphatic rings. The number of esters is 1. The van der Waals surface area contributed by atoms with Crippen molar-refractivity contribution in [2.75, 3.05) is 18.6 Å². The molecule has 1 aromatic rings. The zero-order chi connectivity index (χ0) is 11.5. The second-order valence-electron chi connectivity index (χ2n) is 3.65. The number of aromatic nitrogens is 1. The molecule has 5 heteroatoms. The Bertz CT molecular complexity index is 397. The molecule has 16 heavy (non-hydrogen) atoms. The standard InChI is InChI=1S/C11H13ClN2O2/c1-16-11(15)8-4-5-13-7-9(8)14-6-2-3-10(14)12/h4-5,7,10H,2-3,6H2,1H3. The van der Waals surface area contributed by atoms with Crippen molar-refractivity contribution >= 4 is 23.3 Å². The van der Waals surface area contributed by atoms with Gasteiger partial charge in [0.15, 0.2) is 0 Å². The summed E-state index contributed by atoms with van der Waals surface area (Å²) >= 11 is 6.18. The highest BCUT2D eigenvalue weighted by molar-refractivity contribution is 6.22. The summed E-state index contributed by atoms with van der Waals surface area (Å²) in [6.07, 6.45) is 5.20. The van der Waals surface area contributed by atoms with Gasteiger partial charge in [0.25, 0.3) is 0 Å². The Hall–Kier alpha value is -1.29. The van der Waals surface area contributed by atoms with Crippen molar-refractivity contribution in [3.05, 3.63) is 24.0 Å². The van der Waals surface area contributed by atoms with Gasteiger partial charge in [0, 0.05) is 12.7 Å². The monoisotopic (exact) mass is 240 g/mol. The fourth-order valence-electron chi connectivity index (χ4n) is 1.89. The van der Waals surface area contributed by atoms with Crippen LogP contribution < -0.4 is 4.90 Å². The van der Waals surface area contributed by atoms with Gasteiger partial charge in [-0.1, -0.05) is 11.6 Å². The normalized spacial score (nSPS) is 19.9. The van der Waals surface area contributed by atoms with Crippen LogP contribution in [0.1, 0.15) is 23.2 Å². The Morgan fingerprint density at radius 1 is 1.69 bits per heavy atom. The predicted octanol–water partition coefficient (Wildman–Crippen LogP) is 2.03. The molecule has 0 N–H and O–H groups in total. The van der Waals surface area contributed by atoms with E-state index in [4.69, 9.17) is 16.3 Å². The molecule has 1 atom stereocenters. The molecule has 0 aliphatic carbocycles. The van der Waals surface area contributed by atoms with Crippen LogP contribution in [0.25, 0.3) is 0 Å². The number of anilines is 1. The molecule has 2 heterocycles. The van der Waals surface area contributed by atoms with E-state index in [1.54, 1.807) is 18.5 Å². The van der Waals surface area contributed by atoms with Gasteiger partial charge in [-0.3, -0.25) is 4.98 Å². The van der Waals surface area contributed by atoms with E-state index in [-0.39, 0.29) is 11.5 Å². The number of alkyl halides is 1. The molecule has 1 aliphatic heterocycles. The Morgan fingerprint density at radius 2 is 2.50 bits per heavy atom. The highest BCUT2D eigenvalue weighted by Gasteiger charge is 2.26. The minimum Gasteiger partial charge on any atom is -0.465 e. The van der Waals surface area contributed by atoms with Gasteiger partial charge in [-0.15, -0.1) is 0 Å². The molecule has 0 spiro atoms. The number of carbonyl (C=O) groups is 1. The number of nitrogens with zero attached hydrogens (tertiary/aromatic N) is 2. The topological polar surface area (TPSA) is 42.4 Å². The van der Waals surface area contributed by atoms with Gasteiger partial charge in [0.2, 0.25) is 0 Å². The third-order valence-electron chi connectivity index (χ3n) is 2.69. The van der Waals surface area contributed by atoms with Crippen molar-refractivity contribution in [2.45, 2.75) is 18.3 Å². The number of methoxy groups -OCH3 is 1. The van der Waals surface area contributed by atoms with Crippen molar-refractivity contribution in [3.8, 4) is 0 Å². The molecule has 0 bridgehead atoms. The molecule has 2 rings (SSSR count). The average Bonchev–Trinajstić information content (AvgIpc) is 2.74. The van der Waals surface area contributed by atoms with Crippen molar-refractivity contribution in [2.24, 2.45) is 0 Å². The van der Waals surface area contributed by atoms with Gasteiger partial charge in [0.05, 0.1) is 24.6 Å². The zero-order valence-corrected chi connectivity index (χ0v) is 9.78. The molecule has 1 unspecified atom stereocenters. The summed E-state index contributed by atoms with van der Waals surface area (Å²) in [7, 11) is 1.37. The lowest BCUT2D eigenvalue weighted by atomic mass is 10.2. The van der Waals surface area contributed by atoms with Crippen LogP contribution in [0.5, 0.6) is 0 Å². The fourth-order valence-corrected chi connectivity index (χ4v) is 2.25. The van der Waals surface area contributed by atoms with Gasteiger partial charge < -0.3 is 9.64 Å². The number of rotatable bonds is 2. The van der Waals surface area contributed by atoms with Gasteiger partial charge in [0.1, 0.15) is 5.50 Å². The third kappa shape index (κ3) is 1.97. The molecule has 0 amide bonds. The highest BCUT2D eigenvalue weighted by atomic mass is 35.5. The van der Waals surface area contributed by atoms with Crippen molar-refractivity contribution in [3.63, 3.8) is 0 Å². The minimum absolute atomic E-state index is 0.0624. The first kappa shape index (κ1) is 11.2. The van der Waals surface area contributed by atoms with Crippen LogP contribution in [-0.2, 0) is 4.74 Å². The third-order valence-corrected chi connectivity index (χ3v) is 3.15. The summed E-state index contributed by atoms with van der Waals surface area (Å²) in [6, 6.07) is 1.66. The Morgan fingerprint density at radius 3 is 3.12 bits per heavy atom. The van der Waals surface area contributed by atoms with Crippen molar-refractivity contribution < 1.29 is 9.53 Å². The largest absolute Gasteiger partial charge is 0.465 e. The van der Waals surface area contributed by atoms with Crippen LogP contribution in [0.15, 0.2) is 18.5 Å². The number of hydrogen-bond acceptors (Lipinski definition) is 4. The molecule has 0 saturated carbocycles. The first-order valence-corrected chi connectivity index (χ1v) is 5.60. The first-order valence-electron chi connectivity index (χ1n) is 5.17. The predicted molar refractivity (Wildman–Crippen MR) is 61.8 cm³/mol. The second-order valence-corrected chi connectivity index (χ2v) is 4.16. The zero-order valence-electron chi connectivity index (χ0n) is 9.02. The van der Waals surface area contributed by atoms with E-state index >= 15 is 0 Å². The van der Waals surface area contributed by atoms with E-state index in [0.29, 0.717) is 5.56 Å². The summed E-state index contributed by atoms with van der Waals surface area (Å²) in [5.74, 6) is -0.354. The summed E-state index contributed by atoms with van der Waals surface area (Å²) in [5.41, 5.74) is 1.21. The average molecular weight is 241 g/mol. The molecule has 1 saturated heterocycles. The Balaban J connectivity index is 2.36. The Kier molecular flexibility index (Phi) is 3.29. The lowest BCUT2D eigenvalue weighted by molar-refractivity contribution is 0.0601. The first-order chi connectivity index (χ1) is 7.74.